The van der Waals surface area contributed by atoms with Crippen molar-refractivity contribution in [2.24, 2.45) is 0 Å². The number of rotatable bonds is 4. The highest BCUT2D eigenvalue weighted by atomic mass is 35.5. The number of halogens is 1. The molecular weight excluding hydrogens is 384 g/mol. The molecule has 0 fully saturated rings. The van der Waals surface area contributed by atoms with Crippen LogP contribution >= 0.6 is 11.6 Å². The van der Waals surface area contributed by atoms with Crippen molar-refractivity contribution in [1.29, 1.82) is 0 Å². The van der Waals surface area contributed by atoms with E-state index in [0.717, 1.165) is 22.4 Å². The van der Waals surface area contributed by atoms with Crippen LogP contribution in [-0.2, 0) is 0 Å². The Kier molecular flexibility index (Phi) is 5.14. The number of anilines is 1. The molecule has 29 heavy (non-hydrogen) atoms. The molecule has 0 aliphatic heterocycles. The van der Waals surface area contributed by atoms with E-state index in [2.05, 4.69) is 15.4 Å². The Morgan fingerprint density at radius 1 is 0.931 bits per heavy atom. The average molecular weight is 403 g/mol. The third-order valence-electron chi connectivity index (χ3n) is 4.43. The van der Waals surface area contributed by atoms with Crippen molar-refractivity contribution in [2.45, 2.75) is 13.8 Å². The van der Waals surface area contributed by atoms with E-state index in [4.69, 9.17) is 11.6 Å². The molecule has 1 aromatic heterocycles. The summed E-state index contributed by atoms with van der Waals surface area (Å²) in [6.45, 7) is 3.98. The molecule has 1 amide bonds. The minimum absolute atomic E-state index is 0.0953. The van der Waals surface area contributed by atoms with E-state index < -0.39 is 0 Å². The SMILES string of the molecule is Cc1cccc(NC(=O)c2nc(-c3cccc(C)c3)n(-c3ccc(Cl)cc3)n2)c1. The van der Waals surface area contributed by atoms with E-state index in [9.17, 15) is 4.79 Å². The summed E-state index contributed by atoms with van der Waals surface area (Å²) in [5.41, 5.74) is 4.51. The van der Waals surface area contributed by atoms with Gasteiger partial charge in [-0.25, -0.2) is 9.67 Å². The molecule has 144 valence electrons. The monoisotopic (exact) mass is 402 g/mol. The van der Waals surface area contributed by atoms with Crippen LogP contribution in [0.5, 0.6) is 0 Å². The number of nitrogens with one attached hydrogen (secondary N) is 1. The number of carbonyl (C=O) groups excluding carboxylic acids is 1. The number of hydrogen-bond donors (Lipinski definition) is 1. The maximum absolute atomic E-state index is 12.8. The van der Waals surface area contributed by atoms with Gasteiger partial charge in [-0.3, -0.25) is 4.79 Å². The van der Waals surface area contributed by atoms with E-state index in [0.29, 0.717) is 16.5 Å². The van der Waals surface area contributed by atoms with Crippen molar-refractivity contribution in [3.8, 4) is 17.1 Å². The van der Waals surface area contributed by atoms with Gasteiger partial charge in [0.15, 0.2) is 5.82 Å². The molecule has 0 aliphatic rings. The van der Waals surface area contributed by atoms with Gasteiger partial charge in [0.05, 0.1) is 5.69 Å². The van der Waals surface area contributed by atoms with Crippen LogP contribution in [0.1, 0.15) is 21.7 Å². The van der Waals surface area contributed by atoms with Gasteiger partial charge in [-0.2, -0.15) is 0 Å². The van der Waals surface area contributed by atoms with Gasteiger partial charge >= 0.3 is 0 Å². The van der Waals surface area contributed by atoms with Crippen LogP contribution in [0, 0.1) is 13.8 Å². The lowest BCUT2D eigenvalue weighted by atomic mass is 10.1. The Labute approximate surface area is 174 Å². The molecule has 5 nitrogen and oxygen atoms in total. The molecule has 4 aromatic rings. The van der Waals surface area contributed by atoms with E-state index in [1.807, 2.05) is 74.5 Å². The zero-order valence-corrected chi connectivity index (χ0v) is 16.8. The van der Waals surface area contributed by atoms with Crippen LogP contribution in [0.4, 0.5) is 5.69 Å². The van der Waals surface area contributed by atoms with Crippen LogP contribution in [0.2, 0.25) is 5.02 Å². The van der Waals surface area contributed by atoms with Gasteiger partial charge < -0.3 is 5.32 Å². The first-order valence-electron chi connectivity index (χ1n) is 9.18. The largest absolute Gasteiger partial charge is 0.319 e. The lowest BCUT2D eigenvalue weighted by molar-refractivity contribution is 0.101. The van der Waals surface area contributed by atoms with E-state index >= 15 is 0 Å². The number of carbonyl (C=O) groups is 1. The third-order valence-corrected chi connectivity index (χ3v) is 4.69. The standard InChI is InChI=1S/C23H19ClN4O/c1-15-5-3-7-17(13-15)22-26-21(23(29)25-19-8-4-6-16(2)14-19)27-28(22)20-11-9-18(24)10-12-20/h3-14H,1-2H3,(H,25,29). The summed E-state index contributed by atoms with van der Waals surface area (Å²) in [6.07, 6.45) is 0. The average Bonchev–Trinajstić information content (AvgIpc) is 3.14. The van der Waals surface area contributed by atoms with Crippen molar-refractivity contribution in [1.82, 2.24) is 14.8 Å². The lowest BCUT2D eigenvalue weighted by Crippen LogP contribution is -2.14. The second-order valence-corrected chi connectivity index (χ2v) is 7.28. The lowest BCUT2D eigenvalue weighted by Gasteiger charge is -2.06. The van der Waals surface area contributed by atoms with Crippen molar-refractivity contribution >= 4 is 23.2 Å². The fourth-order valence-corrected chi connectivity index (χ4v) is 3.18. The smallest absolute Gasteiger partial charge is 0.295 e. The van der Waals surface area contributed by atoms with Gasteiger partial charge in [-0.1, -0.05) is 47.5 Å². The summed E-state index contributed by atoms with van der Waals surface area (Å²) in [5.74, 6) is 0.320. The number of aromatic nitrogens is 3. The fraction of sp³-hybridized carbons (Fsp3) is 0.0870. The Morgan fingerprint density at radius 3 is 2.31 bits per heavy atom. The molecule has 1 N–H and O–H groups in total. The molecule has 3 aromatic carbocycles. The Morgan fingerprint density at radius 2 is 1.62 bits per heavy atom. The quantitative estimate of drug-likeness (QED) is 0.493. The molecule has 0 saturated carbocycles. The molecule has 0 aliphatic carbocycles. The Hall–Kier alpha value is -3.44. The summed E-state index contributed by atoms with van der Waals surface area (Å²) in [6, 6.07) is 22.8. The molecule has 1 heterocycles. The summed E-state index contributed by atoms with van der Waals surface area (Å²) < 4.78 is 1.66. The van der Waals surface area contributed by atoms with Gasteiger partial charge in [0.2, 0.25) is 5.82 Å². The van der Waals surface area contributed by atoms with Crippen LogP contribution in [0.25, 0.3) is 17.1 Å². The van der Waals surface area contributed by atoms with Gasteiger partial charge in [-0.05, 0) is 61.9 Å². The fourth-order valence-electron chi connectivity index (χ4n) is 3.05. The van der Waals surface area contributed by atoms with Crippen molar-refractivity contribution < 1.29 is 4.79 Å². The highest BCUT2D eigenvalue weighted by Gasteiger charge is 2.19. The maximum atomic E-state index is 12.8. The van der Waals surface area contributed by atoms with Gasteiger partial charge in [0.1, 0.15) is 0 Å². The minimum Gasteiger partial charge on any atom is -0.319 e. The van der Waals surface area contributed by atoms with Crippen molar-refractivity contribution in [3.05, 3.63) is 94.8 Å². The zero-order valence-electron chi connectivity index (χ0n) is 16.1. The normalized spacial score (nSPS) is 10.7. The molecule has 0 radical (unpaired) electrons. The first-order valence-corrected chi connectivity index (χ1v) is 9.55. The number of hydrogen-bond acceptors (Lipinski definition) is 3. The van der Waals surface area contributed by atoms with Crippen LogP contribution in [0.15, 0.2) is 72.8 Å². The van der Waals surface area contributed by atoms with Gasteiger partial charge in [-0.15, -0.1) is 5.10 Å². The summed E-state index contributed by atoms with van der Waals surface area (Å²) in [4.78, 5) is 17.3. The molecule has 4 rings (SSSR count). The molecule has 0 bridgehead atoms. The molecule has 0 unspecified atom stereocenters. The maximum Gasteiger partial charge on any atom is 0.295 e. The van der Waals surface area contributed by atoms with Gasteiger partial charge in [0.25, 0.3) is 5.91 Å². The Balaban J connectivity index is 1.76. The molecule has 6 heteroatoms. The predicted octanol–water partition coefficient (Wildman–Crippen LogP) is 5.46. The molecule has 0 atom stereocenters. The highest BCUT2D eigenvalue weighted by Crippen LogP contribution is 2.23. The Bertz CT molecular complexity index is 1180. The highest BCUT2D eigenvalue weighted by molar-refractivity contribution is 6.30. The number of nitrogens with zero attached hydrogens (tertiary/aromatic N) is 3. The van der Waals surface area contributed by atoms with E-state index in [-0.39, 0.29) is 11.7 Å². The zero-order chi connectivity index (χ0) is 20.4. The first kappa shape index (κ1) is 18.9. The third kappa shape index (κ3) is 4.20. The van der Waals surface area contributed by atoms with Crippen LogP contribution in [-0.4, -0.2) is 20.7 Å². The molecule has 0 spiro atoms. The minimum atomic E-state index is -0.364. The van der Waals surface area contributed by atoms with E-state index in [1.54, 1.807) is 16.8 Å². The topological polar surface area (TPSA) is 59.8 Å². The van der Waals surface area contributed by atoms with Crippen molar-refractivity contribution in [2.75, 3.05) is 5.32 Å². The van der Waals surface area contributed by atoms with Crippen LogP contribution in [0.3, 0.4) is 0 Å². The molecular formula is C23H19ClN4O. The second-order valence-electron chi connectivity index (χ2n) is 6.84. The van der Waals surface area contributed by atoms with Crippen LogP contribution < -0.4 is 5.32 Å². The van der Waals surface area contributed by atoms with E-state index in [1.165, 1.54) is 0 Å². The number of amides is 1. The summed E-state index contributed by atoms with van der Waals surface area (Å²) >= 11 is 6.03. The predicted molar refractivity (Wildman–Crippen MR) is 116 cm³/mol. The van der Waals surface area contributed by atoms with Gasteiger partial charge in [0, 0.05) is 16.3 Å². The summed E-state index contributed by atoms with van der Waals surface area (Å²) in [5, 5.41) is 7.98. The second kappa shape index (κ2) is 7.89. The molecule has 0 saturated heterocycles. The number of aryl methyl sites for hydroxylation is 2. The first-order chi connectivity index (χ1) is 14.0. The summed E-state index contributed by atoms with van der Waals surface area (Å²) in [7, 11) is 0. The number of benzene rings is 3. The van der Waals surface area contributed by atoms with Crippen molar-refractivity contribution in [3.63, 3.8) is 0 Å².